The number of rotatable bonds is 7. The largest absolute Gasteiger partial charge is 0.313 e. The highest BCUT2D eigenvalue weighted by Crippen LogP contribution is 2.25. The van der Waals surface area contributed by atoms with Crippen molar-refractivity contribution in [2.45, 2.75) is 84.3 Å². The molecule has 1 rings (SSSR count). The van der Waals surface area contributed by atoms with E-state index in [1.807, 2.05) is 0 Å². The Balaban J connectivity index is 2.57. The monoisotopic (exact) mass is 240 g/mol. The maximum Gasteiger partial charge on any atom is 0.0223 e. The molecule has 17 heavy (non-hydrogen) atoms. The van der Waals surface area contributed by atoms with Crippen molar-refractivity contribution in [2.24, 2.45) is 0 Å². The second-order valence-electron chi connectivity index (χ2n) is 5.44. The minimum atomic E-state index is 0.655. The molecule has 1 fully saturated rings. The number of hydrogen-bond acceptors (Lipinski definition) is 2. The van der Waals surface area contributed by atoms with E-state index in [1.54, 1.807) is 0 Å². The Morgan fingerprint density at radius 2 is 1.76 bits per heavy atom. The van der Waals surface area contributed by atoms with Crippen LogP contribution in [0, 0.1) is 0 Å². The fourth-order valence-electron chi connectivity index (χ4n) is 3.44. The summed E-state index contributed by atoms with van der Waals surface area (Å²) in [4.78, 5) is 2.75. The van der Waals surface area contributed by atoms with Crippen LogP contribution in [0.2, 0.25) is 0 Å². The Hall–Kier alpha value is -0.0800. The Labute approximate surface area is 108 Å². The predicted octanol–water partition coefficient (Wildman–Crippen LogP) is 3.42. The summed E-state index contributed by atoms with van der Waals surface area (Å²) >= 11 is 0. The second-order valence-corrected chi connectivity index (χ2v) is 5.44. The second kappa shape index (κ2) is 8.10. The van der Waals surface area contributed by atoms with Gasteiger partial charge in [0.2, 0.25) is 0 Å². The summed E-state index contributed by atoms with van der Waals surface area (Å²) in [6.45, 7) is 11.5. The molecule has 2 nitrogen and oxygen atoms in total. The minimum absolute atomic E-state index is 0.655. The van der Waals surface area contributed by atoms with Crippen molar-refractivity contribution in [1.29, 1.82) is 0 Å². The van der Waals surface area contributed by atoms with Crippen LogP contribution in [0.1, 0.15) is 66.2 Å². The topological polar surface area (TPSA) is 15.3 Å². The minimum Gasteiger partial charge on any atom is -0.313 e. The van der Waals surface area contributed by atoms with Crippen LogP contribution in [0.15, 0.2) is 0 Å². The molecule has 0 aliphatic heterocycles. The number of likely N-dealkylation sites (N-methyl/N-ethyl adjacent to an activating group) is 2. The summed E-state index contributed by atoms with van der Waals surface area (Å²) < 4.78 is 0. The molecular formula is C15H32N2. The third-order valence-electron chi connectivity index (χ3n) is 4.42. The molecule has 2 unspecified atom stereocenters. The van der Waals surface area contributed by atoms with Gasteiger partial charge in [-0.3, -0.25) is 4.90 Å². The zero-order valence-electron chi connectivity index (χ0n) is 12.3. The Morgan fingerprint density at radius 3 is 2.24 bits per heavy atom. The van der Waals surface area contributed by atoms with Gasteiger partial charge in [0.15, 0.2) is 0 Å². The third kappa shape index (κ3) is 4.26. The standard InChI is InChI=1S/C15H32N2/c1-5-15(16-6-2)13(4)17(7-3)14-11-9-8-10-12-14/h13-16H,5-12H2,1-4H3. The van der Waals surface area contributed by atoms with Gasteiger partial charge in [-0.05, 0) is 39.3 Å². The lowest BCUT2D eigenvalue weighted by Crippen LogP contribution is -2.52. The zero-order valence-corrected chi connectivity index (χ0v) is 12.3. The van der Waals surface area contributed by atoms with E-state index < -0.39 is 0 Å². The predicted molar refractivity (Wildman–Crippen MR) is 76.5 cm³/mol. The summed E-state index contributed by atoms with van der Waals surface area (Å²) in [6.07, 6.45) is 8.39. The van der Waals surface area contributed by atoms with Gasteiger partial charge in [0, 0.05) is 18.1 Å². The highest BCUT2D eigenvalue weighted by Gasteiger charge is 2.27. The molecule has 0 spiro atoms. The molecule has 2 heteroatoms. The first-order valence-corrected chi connectivity index (χ1v) is 7.73. The molecule has 2 atom stereocenters. The Kier molecular flexibility index (Phi) is 7.14. The zero-order chi connectivity index (χ0) is 12.7. The van der Waals surface area contributed by atoms with E-state index in [0.29, 0.717) is 12.1 Å². The lowest BCUT2D eigenvalue weighted by molar-refractivity contribution is 0.0948. The van der Waals surface area contributed by atoms with E-state index in [4.69, 9.17) is 0 Å². The first-order chi connectivity index (χ1) is 8.24. The number of hydrogen-bond donors (Lipinski definition) is 1. The van der Waals surface area contributed by atoms with Crippen LogP contribution < -0.4 is 5.32 Å². The van der Waals surface area contributed by atoms with Gasteiger partial charge in [0.25, 0.3) is 0 Å². The molecule has 1 aliphatic carbocycles. The van der Waals surface area contributed by atoms with Crippen molar-refractivity contribution in [3.8, 4) is 0 Å². The van der Waals surface area contributed by atoms with E-state index >= 15 is 0 Å². The van der Waals surface area contributed by atoms with Crippen LogP contribution in [0.5, 0.6) is 0 Å². The molecule has 102 valence electrons. The van der Waals surface area contributed by atoms with Crippen LogP contribution in [0.3, 0.4) is 0 Å². The van der Waals surface area contributed by atoms with Crippen molar-refractivity contribution >= 4 is 0 Å². The molecule has 1 saturated carbocycles. The van der Waals surface area contributed by atoms with E-state index in [0.717, 1.165) is 12.6 Å². The van der Waals surface area contributed by atoms with Crippen molar-refractivity contribution in [3.63, 3.8) is 0 Å². The van der Waals surface area contributed by atoms with Crippen LogP contribution in [-0.4, -0.2) is 36.1 Å². The number of nitrogens with zero attached hydrogens (tertiary/aromatic N) is 1. The molecule has 0 radical (unpaired) electrons. The third-order valence-corrected chi connectivity index (χ3v) is 4.42. The first kappa shape index (κ1) is 15.0. The van der Waals surface area contributed by atoms with Crippen LogP contribution in [0.4, 0.5) is 0 Å². The summed E-state index contributed by atoms with van der Waals surface area (Å²) in [5.74, 6) is 0. The molecule has 0 saturated heterocycles. The van der Waals surface area contributed by atoms with Gasteiger partial charge in [-0.2, -0.15) is 0 Å². The van der Waals surface area contributed by atoms with Gasteiger partial charge in [-0.25, -0.2) is 0 Å². The Morgan fingerprint density at radius 1 is 1.12 bits per heavy atom. The van der Waals surface area contributed by atoms with Gasteiger partial charge in [0.1, 0.15) is 0 Å². The van der Waals surface area contributed by atoms with Gasteiger partial charge in [-0.15, -0.1) is 0 Å². The van der Waals surface area contributed by atoms with Crippen molar-refractivity contribution in [3.05, 3.63) is 0 Å². The molecule has 0 bridgehead atoms. The normalized spacial score (nSPS) is 21.7. The number of nitrogens with one attached hydrogen (secondary N) is 1. The van der Waals surface area contributed by atoms with Gasteiger partial charge < -0.3 is 5.32 Å². The molecule has 0 aromatic carbocycles. The van der Waals surface area contributed by atoms with Gasteiger partial charge in [-0.1, -0.05) is 40.0 Å². The average molecular weight is 240 g/mol. The SMILES string of the molecule is CCNC(CC)C(C)N(CC)C1CCCCC1. The van der Waals surface area contributed by atoms with E-state index in [1.165, 1.54) is 45.1 Å². The van der Waals surface area contributed by atoms with E-state index in [2.05, 4.69) is 37.9 Å². The van der Waals surface area contributed by atoms with Crippen LogP contribution >= 0.6 is 0 Å². The highest BCUT2D eigenvalue weighted by molar-refractivity contribution is 4.85. The summed E-state index contributed by atoms with van der Waals surface area (Å²) in [6, 6.07) is 2.17. The highest BCUT2D eigenvalue weighted by atomic mass is 15.2. The fourth-order valence-corrected chi connectivity index (χ4v) is 3.44. The summed E-state index contributed by atoms with van der Waals surface area (Å²) in [7, 11) is 0. The molecule has 1 aliphatic rings. The fraction of sp³-hybridized carbons (Fsp3) is 1.00. The molecule has 1 N–H and O–H groups in total. The van der Waals surface area contributed by atoms with Gasteiger partial charge >= 0.3 is 0 Å². The molecule has 0 aromatic heterocycles. The summed E-state index contributed by atoms with van der Waals surface area (Å²) in [5, 5.41) is 3.64. The van der Waals surface area contributed by atoms with E-state index in [9.17, 15) is 0 Å². The summed E-state index contributed by atoms with van der Waals surface area (Å²) in [5.41, 5.74) is 0. The quantitative estimate of drug-likeness (QED) is 0.733. The van der Waals surface area contributed by atoms with Crippen molar-refractivity contribution in [1.82, 2.24) is 10.2 Å². The van der Waals surface area contributed by atoms with Crippen molar-refractivity contribution in [2.75, 3.05) is 13.1 Å². The Bertz CT molecular complexity index is 187. The lowest BCUT2D eigenvalue weighted by atomic mass is 9.92. The van der Waals surface area contributed by atoms with Crippen molar-refractivity contribution < 1.29 is 0 Å². The first-order valence-electron chi connectivity index (χ1n) is 7.73. The van der Waals surface area contributed by atoms with Gasteiger partial charge in [0.05, 0.1) is 0 Å². The average Bonchev–Trinajstić information content (AvgIpc) is 2.38. The maximum absolute atomic E-state index is 3.64. The van der Waals surface area contributed by atoms with Crippen LogP contribution in [0.25, 0.3) is 0 Å². The van der Waals surface area contributed by atoms with E-state index in [-0.39, 0.29) is 0 Å². The molecule has 0 aromatic rings. The van der Waals surface area contributed by atoms with Crippen LogP contribution in [-0.2, 0) is 0 Å². The molecular weight excluding hydrogens is 208 g/mol. The lowest BCUT2D eigenvalue weighted by Gasteiger charge is -2.41. The molecule has 0 heterocycles. The maximum atomic E-state index is 3.64. The molecule has 0 amide bonds. The smallest absolute Gasteiger partial charge is 0.0223 e.